The Hall–Kier alpha value is -1.78. The summed E-state index contributed by atoms with van der Waals surface area (Å²) in [6.45, 7) is -4.18. The molecule has 0 aliphatic heterocycles. The first-order chi connectivity index (χ1) is 18.5. The maximum absolute atomic E-state index is 12.0. The van der Waals surface area contributed by atoms with E-state index < -0.39 is 102 Å². The van der Waals surface area contributed by atoms with Crippen molar-refractivity contribution in [1.29, 1.82) is 0 Å². The summed E-state index contributed by atoms with van der Waals surface area (Å²) >= 11 is 0. The zero-order valence-electron chi connectivity index (χ0n) is 21.4. The molecule has 2 rings (SSSR count). The summed E-state index contributed by atoms with van der Waals surface area (Å²) in [4.78, 5) is 40.8. The summed E-state index contributed by atoms with van der Waals surface area (Å²) in [5.41, 5.74) is -0.218. The first-order valence-corrected chi connectivity index (χ1v) is 15.2. The smallest absolute Gasteiger partial charge is 0.508 e. The van der Waals surface area contributed by atoms with Crippen LogP contribution in [0.5, 0.6) is 23.0 Å². The van der Waals surface area contributed by atoms with Crippen LogP contribution in [0.3, 0.4) is 0 Å². The Labute approximate surface area is 245 Å². The number of hydrogen-bond acceptors (Lipinski definition) is 12. The molecule has 16 nitrogen and oxygen atoms in total. The van der Waals surface area contributed by atoms with E-state index in [-0.39, 0.29) is 39.3 Å². The van der Waals surface area contributed by atoms with Gasteiger partial charge in [-0.3, -0.25) is 18.9 Å². The molecule has 0 aromatic heterocycles. The van der Waals surface area contributed by atoms with Gasteiger partial charge in [0.25, 0.3) is 0 Å². The first kappa shape index (κ1) is 37.2. The van der Waals surface area contributed by atoms with E-state index in [1.54, 1.807) is 0 Å². The van der Waals surface area contributed by atoms with Crippen molar-refractivity contribution >= 4 is 15.2 Å². The Balaban J connectivity index is 0.00000840. The molecule has 2 unspecified atom stereocenters. The second-order valence-corrected chi connectivity index (χ2v) is 12.4. The molecular weight excluding hydrogens is 634 g/mol. The number of nitrogens with zero attached hydrogens (tertiary/aromatic N) is 2. The molecule has 0 heterocycles. The van der Waals surface area contributed by atoms with Crippen LogP contribution in [-0.4, -0.2) is 108 Å². The van der Waals surface area contributed by atoms with E-state index in [1.807, 2.05) is 0 Å². The summed E-state index contributed by atoms with van der Waals surface area (Å²) in [5.74, 6) is -1.91. The number of aromatic hydroxyl groups is 4. The number of hydrogen-bond donors (Lipinski definition) is 12. The van der Waals surface area contributed by atoms with E-state index >= 15 is 0 Å². The SMILES string of the molecule is O=P(O)(O)CN(Cc1cc(O)c(CO)cc1O)C(CO)C(CO)N(Cc1cc(CO)c(O)cc1O)CP(=O)(O)O.[Fe+2]. The van der Waals surface area contributed by atoms with Crippen LogP contribution in [0.15, 0.2) is 24.3 Å². The van der Waals surface area contributed by atoms with Crippen molar-refractivity contribution in [2.24, 2.45) is 0 Å². The molecule has 0 saturated heterocycles. The number of phenolic OH excluding ortho intramolecular Hbond substituents is 2. The largest absolute Gasteiger partial charge is 2.00 e. The number of phenols is 4. The molecule has 232 valence electrons. The van der Waals surface area contributed by atoms with E-state index in [4.69, 9.17) is 0 Å². The van der Waals surface area contributed by atoms with Gasteiger partial charge < -0.3 is 60.4 Å². The van der Waals surface area contributed by atoms with Gasteiger partial charge in [0.1, 0.15) is 35.6 Å². The molecule has 41 heavy (non-hydrogen) atoms. The van der Waals surface area contributed by atoms with Crippen molar-refractivity contribution in [2.75, 3.05) is 25.8 Å². The van der Waals surface area contributed by atoms with Gasteiger partial charge in [0, 0.05) is 41.4 Å². The third-order valence-electron chi connectivity index (χ3n) is 6.14. The zero-order chi connectivity index (χ0) is 30.4. The van der Waals surface area contributed by atoms with Gasteiger partial charge in [0.2, 0.25) is 0 Å². The Kier molecular flexibility index (Phi) is 14.2. The van der Waals surface area contributed by atoms with Crippen molar-refractivity contribution in [3.05, 3.63) is 46.5 Å². The fourth-order valence-electron chi connectivity index (χ4n) is 4.26. The van der Waals surface area contributed by atoms with Crippen LogP contribution in [0.1, 0.15) is 22.3 Å². The Morgan fingerprint density at radius 2 is 0.878 bits per heavy atom. The van der Waals surface area contributed by atoms with E-state index in [1.165, 1.54) is 0 Å². The van der Waals surface area contributed by atoms with Gasteiger partial charge >= 0.3 is 32.3 Å². The number of aliphatic hydroxyl groups excluding tert-OH is 4. The Bertz CT molecular complexity index is 1260. The predicted octanol–water partition coefficient (Wildman–Crippen LogP) is -1.21. The fraction of sp³-hybridized carbons (Fsp3) is 0.455. The number of aliphatic hydroxyl groups is 4. The van der Waals surface area contributed by atoms with Gasteiger partial charge in [-0.1, -0.05) is 0 Å². The van der Waals surface area contributed by atoms with E-state index in [0.717, 1.165) is 34.1 Å². The molecule has 0 radical (unpaired) electrons. The van der Waals surface area contributed by atoms with Gasteiger partial charge in [0.05, 0.1) is 38.5 Å². The maximum Gasteiger partial charge on any atom is 2.00 e. The molecule has 0 fully saturated rings. The predicted molar refractivity (Wildman–Crippen MR) is 138 cm³/mol. The minimum absolute atomic E-state index is 0. The molecule has 0 aliphatic rings. The summed E-state index contributed by atoms with van der Waals surface area (Å²) < 4.78 is 24.0. The van der Waals surface area contributed by atoms with Crippen LogP contribution >= 0.6 is 15.2 Å². The van der Waals surface area contributed by atoms with Crippen LogP contribution in [0.4, 0.5) is 0 Å². The minimum atomic E-state index is -4.90. The minimum Gasteiger partial charge on any atom is -0.508 e. The normalized spacial score (nSPS) is 13.8. The average molecular weight is 668 g/mol. The molecular formula is C22H34FeN2O14P2+2. The molecule has 0 spiro atoms. The van der Waals surface area contributed by atoms with Crippen LogP contribution in [0.25, 0.3) is 0 Å². The number of benzene rings is 2. The van der Waals surface area contributed by atoms with Crippen molar-refractivity contribution in [1.82, 2.24) is 9.80 Å². The first-order valence-electron chi connectivity index (χ1n) is 11.6. The average Bonchev–Trinajstić information content (AvgIpc) is 2.83. The standard InChI is InChI=1S/C22H34N2O14P2.Fe/c25-7-15-1-13(21(31)4-22(15)32)5-23(11-39(33,34)35)17(9-27)18(10-28)24(12-40(36,37)38)6-14-2-20(30)16(8-26)3-19(14)29;/h1-4,17-18,25-32H,5-12H2,(H2,33,34,35)(H2,36,37,38);/q;+2. The number of rotatable bonds is 15. The van der Waals surface area contributed by atoms with Crippen LogP contribution in [0.2, 0.25) is 0 Å². The van der Waals surface area contributed by atoms with E-state index in [9.17, 15) is 69.6 Å². The van der Waals surface area contributed by atoms with Gasteiger partial charge in [0.15, 0.2) is 0 Å². The fourth-order valence-corrected chi connectivity index (χ4v) is 5.83. The topological polar surface area (TPSA) is 283 Å². The molecule has 19 heteroatoms. The molecule has 12 N–H and O–H groups in total. The van der Waals surface area contributed by atoms with Crippen LogP contribution < -0.4 is 0 Å². The molecule has 0 bridgehead atoms. The quantitative estimate of drug-likeness (QED) is 0.0602. The van der Waals surface area contributed by atoms with E-state index in [2.05, 4.69) is 0 Å². The molecule has 2 aromatic carbocycles. The summed E-state index contributed by atoms with van der Waals surface area (Å²) in [5, 5.41) is 79.9. The van der Waals surface area contributed by atoms with Crippen molar-refractivity contribution in [3.63, 3.8) is 0 Å². The van der Waals surface area contributed by atoms with Gasteiger partial charge in [-0.05, 0) is 18.2 Å². The Morgan fingerprint density at radius 3 is 1.27 bits per heavy atom. The van der Waals surface area contributed by atoms with Gasteiger partial charge in [-0.2, -0.15) is 0 Å². The molecule has 2 atom stereocenters. The van der Waals surface area contributed by atoms with Gasteiger partial charge in [-0.25, -0.2) is 0 Å². The molecule has 2 aromatic rings. The summed E-state index contributed by atoms with van der Waals surface area (Å²) in [6, 6.07) is 1.16. The monoisotopic (exact) mass is 668 g/mol. The second-order valence-electron chi connectivity index (χ2n) is 9.14. The summed E-state index contributed by atoms with van der Waals surface area (Å²) in [6.07, 6.45) is -2.11. The third kappa shape index (κ3) is 10.8. The third-order valence-corrected chi connectivity index (χ3v) is 7.60. The van der Waals surface area contributed by atoms with Crippen LogP contribution in [-0.2, 0) is 52.5 Å². The molecule has 0 amide bonds. The molecule has 0 aliphatic carbocycles. The van der Waals surface area contributed by atoms with Crippen LogP contribution in [0, 0.1) is 0 Å². The zero-order valence-corrected chi connectivity index (χ0v) is 24.3. The second kappa shape index (κ2) is 15.6. The van der Waals surface area contributed by atoms with Crippen molar-refractivity contribution in [2.45, 2.75) is 38.4 Å². The summed E-state index contributed by atoms with van der Waals surface area (Å²) in [7, 11) is -9.80. The van der Waals surface area contributed by atoms with Gasteiger partial charge in [-0.15, -0.1) is 0 Å². The van der Waals surface area contributed by atoms with E-state index in [0.29, 0.717) is 0 Å². The Morgan fingerprint density at radius 1 is 0.561 bits per heavy atom. The maximum atomic E-state index is 12.0. The van der Waals surface area contributed by atoms with Crippen molar-refractivity contribution < 1.29 is 86.6 Å². The molecule has 0 saturated carbocycles. The van der Waals surface area contributed by atoms with Crippen molar-refractivity contribution in [3.8, 4) is 23.0 Å².